The Morgan fingerprint density at radius 1 is 1.03 bits per heavy atom. The number of fused-ring (bicyclic) bond motifs is 5. The number of hydrogen-bond donors (Lipinski definition) is 2. The minimum Gasteiger partial charge on any atom is -0.393 e. The molecule has 0 unspecified atom stereocenters. The van der Waals surface area contributed by atoms with Gasteiger partial charge in [0.05, 0.1) is 6.10 Å². The molecule has 182 valence electrons. The predicted octanol–water partition coefficient (Wildman–Crippen LogP) is 7.41. The Labute approximate surface area is 196 Å². The average Bonchev–Trinajstić information content (AvgIpc) is 3.11. The normalized spacial score (nSPS) is 42.8. The molecule has 3 nitrogen and oxygen atoms in total. The van der Waals surface area contributed by atoms with Crippen molar-refractivity contribution < 1.29 is 15.3 Å². The van der Waals surface area contributed by atoms with Gasteiger partial charge in [-0.15, -0.1) is 0 Å². The van der Waals surface area contributed by atoms with Crippen LogP contribution in [0.1, 0.15) is 99.8 Å². The van der Waals surface area contributed by atoms with E-state index in [2.05, 4.69) is 60.6 Å². The highest BCUT2D eigenvalue weighted by Gasteiger charge is 2.59. The summed E-state index contributed by atoms with van der Waals surface area (Å²) in [6.45, 7) is 16.3. The minimum atomic E-state index is -0.604. The van der Waals surface area contributed by atoms with Gasteiger partial charge in [-0.05, 0) is 110 Å². The Hall–Kier alpha value is -0.640. The van der Waals surface area contributed by atoms with E-state index in [-0.39, 0.29) is 16.9 Å². The molecule has 4 aliphatic carbocycles. The van der Waals surface area contributed by atoms with Gasteiger partial charge in [-0.3, -0.25) is 5.26 Å². The van der Waals surface area contributed by atoms with Crippen LogP contribution < -0.4 is 0 Å². The van der Waals surface area contributed by atoms with Crippen LogP contribution in [0.2, 0.25) is 0 Å². The van der Waals surface area contributed by atoms with E-state index in [0.29, 0.717) is 29.6 Å². The summed E-state index contributed by atoms with van der Waals surface area (Å²) in [5.41, 5.74) is 2.66. The highest BCUT2D eigenvalue weighted by Crippen LogP contribution is 2.66. The first-order valence-electron chi connectivity index (χ1n) is 13.4. The van der Waals surface area contributed by atoms with Crippen LogP contribution in [0.5, 0.6) is 0 Å². The second-order valence-electron chi connectivity index (χ2n) is 13.1. The molecule has 9 atom stereocenters. The summed E-state index contributed by atoms with van der Waals surface area (Å²) < 4.78 is 0. The first-order chi connectivity index (χ1) is 15.0. The first kappa shape index (κ1) is 24.5. The minimum absolute atomic E-state index is 0.106. The van der Waals surface area contributed by atoms with Crippen LogP contribution in [-0.4, -0.2) is 22.1 Å². The summed E-state index contributed by atoms with van der Waals surface area (Å²) in [5, 5.41) is 20.5. The smallest absolute Gasteiger partial charge is 0.122 e. The van der Waals surface area contributed by atoms with E-state index in [1.165, 1.54) is 24.0 Å². The van der Waals surface area contributed by atoms with Gasteiger partial charge in [0.15, 0.2) is 0 Å². The van der Waals surface area contributed by atoms with E-state index in [9.17, 15) is 10.4 Å². The van der Waals surface area contributed by atoms with Gasteiger partial charge in [-0.1, -0.05) is 59.3 Å². The van der Waals surface area contributed by atoms with Crippen LogP contribution in [0, 0.1) is 46.3 Å². The van der Waals surface area contributed by atoms with Crippen molar-refractivity contribution in [1.29, 1.82) is 0 Å². The van der Waals surface area contributed by atoms with E-state index in [4.69, 9.17) is 4.89 Å². The van der Waals surface area contributed by atoms with E-state index in [0.717, 1.165) is 44.4 Å². The van der Waals surface area contributed by atoms with Crippen molar-refractivity contribution in [2.24, 2.45) is 46.3 Å². The maximum Gasteiger partial charge on any atom is 0.122 e. The van der Waals surface area contributed by atoms with Gasteiger partial charge < -0.3 is 5.11 Å². The SMILES string of the molecule is CC(C)[C@@H](C)[C@H](C)C[C@@](C)(OO)C1=CC[C@H]2[C@@H]3CC=C4C[C@@H](O)CC[C@]4(C)[C@H]3CC[C@]12C. The molecule has 0 aromatic heterocycles. The van der Waals surface area contributed by atoms with Gasteiger partial charge in [0.2, 0.25) is 0 Å². The maximum absolute atomic E-state index is 10.3. The fourth-order valence-corrected chi connectivity index (χ4v) is 8.68. The Morgan fingerprint density at radius 3 is 2.38 bits per heavy atom. The lowest BCUT2D eigenvalue weighted by molar-refractivity contribution is -0.314. The van der Waals surface area contributed by atoms with Crippen molar-refractivity contribution in [2.75, 3.05) is 0 Å². The fraction of sp³-hybridized carbons (Fsp3) is 0.862. The molecule has 2 saturated carbocycles. The van der Waals surface area contributed by atoms with Crippen LogP contribution in [-0.2, 0) is 4.89 Å². The molecule has 4 rings (SSSR count). The van der Waals surface area contributed by atoms with Crippen LogP contribution in [0.25, 0.3) is 0 Å². The van der Waals surface area contributed by atoms with Crippen molar-refractivity contribution >= 4 is 0 Å². The van der Waals surface area contributed by atoms with Crippen molar-refractivity contribution in [2.45, 2.75) is 112 Å². The molecule has 0 spiro atoms. The molecule has 0 radical (unpaired) electrons. The van der Waals surface area contributed by atoms with Crippen molar-refractivity contribution in [1.82, 2.24) is 0 Å². The molecular formula is C29H48O3. The average molecular weight is 445 g/mol. The third-order valence-corrected chi connectivity index (χ3v) is 11.1. The van der Waals surface area contributed by atoms with Gasteiger partial charge in [-0.2, -0.15) is 0 Å². The third kappa shape index (κ3) is 3.75. The molecule has 3 heteroatoms. The Balaban J connectivity index is 1.58. The lowest BCUT2D eigenvalue weighted by Gasteiger charge is -2.58. The monoisotopic (exact) mass is 444 g/mol. The molecule has 0 saturated heterocycles. The van der Waals surface area contributed by atoms with E-state index >= 15 is 0 Å². The molecule has 0 aromatic carbocycles. The van der Waals surface area contributed by atoms with E-state index in [1.54, 1.807) is 0 Å². The van der Waals surface area contributed by atoms with E-state index < -0.39 is 5.60 Å². The molecule has 0 aliphatic heterocycles. The molecule has 0 bridgehead atoms. The highest BCUT2D eigenvalue weighted by molar-refractivity contribution is 5.34. The fourth-order valence-electron chi connectivity index (χ4n) is 8.68. The Morgan fingerprint density at radius 2 is 1.72 bits per heavy atom. The third-order valence-electron chi connectivity index (χ3n) is 11.1. The van der Waals surface area contributed by atoms with Gasteiger partial charge in [-0.25, -0.2) is 4.89 Å². The van der Waals surface area contributed by atoms with Crippen molar-refractivity contribution in [3.05, 3.63) is 23.3 Å². The molecule has 0 aromatic rings. The number of hydrogen-bond acceptors (Lipinski definition) is 3. The van der Waals surface area contributed by atoms with Crippen LogP contribution in [0.4, 0.5) is 0 Å². The molecule has 0 heterocycles. The maximum atomic E-state index is 10.3. The number of aliphatic hydroxyl groups excluding tert-OH is 1. The zero-order valence-electron chi connectivity index (χ0n) is 21.7. The quantitative estimate of drug-likeness (QED) is 0.255. The second kappa shape index (κ2) is 8.54. The van der Waals surface area contributed by atoms with Crippen molar-refractivity contribution in [3.8, 4) is 0 Å². The molecule has 32 heavy (non-hydrogen) atoms. The number of allylic oxidation sites excluding steroid dienone is 2. The van der Waals surface area contributed by atoms with Gasteiger partial charge in [0, 0.05) is 0 Å². The number of rotatable bonds is 6. The predicted molar refractivity (Wildman–Crippen MR) is 131 cm³/mol. The van der Waals surface area contributed by atoms with Crippen LogP contribution >= 0.6 is 0 Å². The Kier molecular flexibility index (Phi) is 6.53. The zero-order chi connectivity index (χ0) is 23.5. The molecule has 2 N–H and O–H groups in total. The largest absolute Gasteiger partial charge is 0.393 e. The summed E-state index contributed by atoms with van der Waals surface area (Å²) in [6.07, 6.45) is 13.3. The van der Waals surface area contributed by atoms with Crippen LogP contribution in [0.3, 0.4) is 0 Å². The van der Waals surface area contributed by atoms with Gasteiger partial charge in [0.1, 0.15) is 5.60 Å². The number of aliphatic hydroxyl groups is 1. The lowest BCUT2D eigenvalue weighted by atomic mass is 9.47. The summed E-state index contributed by atoms with van der Waals surface area (Å²) in [5.74, 6) is 3.75. The molecule has 4 aliphatic rings. The lowest BCUT2D eigenvalue weighted by Crippen LogP contribution is -2.52. The molecule has 2 fully saturated rings. The van der Waals surface area contributed by atoms with E-state index in [1.807, 2.05) is 0 Å². The van der Waals surface area contributed by atoms with Crippen LogP contribution in [0.15, 0.2) is 23.3 Å². The summed E-state index contributed by atoms with van der Waals surface area (Å²) in [6, 6.07) is 0. The summed E-state index contributed by atoms with van der Waals surface area (Å²) >= 11 is 0. The standard InChI is InChI=1S/C29H48O3/c1-18(2)20(4)19(3)17-29(7,32-31)26-11-10-24-23-9-8-21-16-22(30)12-14-27(21,5)25(23)13-15-28(24,26)6/h8,11,18-20,22-25,30-31H,9-10,12-17H2,1-7H3/t19-,20-,22+,23+,24+,25+,27+,28+,29-/m1/s1. The van der Waals surface area contributed by atoms with Gasteiger partial charge in [0.25, 0.3) is 0 Å². The molecule has 0 amide bonds. The zero-order valence-corrected chi connectivity index (χ0v) is 21.7. The highest BCUT2D eigenvalue weighted by atomic mass is 17.1. The second-order valence-corrected chi connectivity index (χ2v) is 13.1. The topological polar surface area (TPSA) is 49.7 Å². The van der Waals surface area contributed by atoms with Gasteiger partial charge >= 0.3 is 0 Å². The first-order valence-corrected chi connectivity index (χ1v) is 13.4. The summed E-state index contributed by atoms with van der Waals surface area (Å²) in [4.78, 5) is 5.38. The Bertz CT molecular complexity index is 768. The summed E-state index contributed by atoms with van der Waals surface area (Å²) in [7, 11) is 0. The molecular weight excluding hydrogens is 396 g/mol. The van der Waals surface area contributed by atoms with Crippen molar-refractivity contribution in [3.63, 3.8) is 0 Å².